The normalized spacial score (nSPS) is 27.7. The Kier molecular flexibility index (Phi) is 6.42. The van der Waals surface area contributed by atoms with E-state index in [1.54, 1.807) is 0 Å². The summed E-state index contributed by atoms with van der Waals surface area (Å²) in [6, 6.07) is 30.9. The highest BCUT2D eigenvalue weighted by atomic mass is 16.7. The third kappa shape index (κ3) is 4.89. The molecule has 3 aliphatic rings. The van der Waals surface area contributed by atoms with Crippen molar-refractivity contribution in [3.8, 4) is 0 Å². The molecular formula is C27H28O4. The van der Waals surface area contributed by atoms with Crippen LogP contribution in [-0.4, -0.2) is 25.1 Å². The van der Waals surface area contributed by atoms with Crippen molar-refractivity contribution in [2.45, 2.75) is 44.2 Å². The molecule has 5 atom stereocenters. The van der Waals surface area contributed by atoms with Gasteiger partial charge in [0, 0.05) is 5.92 Å². The fourth-order valence-electron chi connectivity index (χ4n) is 4.48. The summed E-state index contributed by atoms with van der Waals surface area (Å²) in [7, 11) is 0. The molecule has 2 bridgehead atoms. The SMILES string of the molecule is c1ccc(CO[C@@H]2O[C@@H]3CO[C@@H](c4ccccc4)[C@H]2C[C@@H]3OCc2ccccc2)cc1. The van der Waals surface area contributed by atoms with Gasteiger partial charge in [0.2, 0.25) is 0 Å². The first-order valence-electron chi connectivity index (χ1n) is 11.0. The molecule has 0 saturated carbocycles. The highest BCUT2D eigenvalue weighted by Gasteiger charge is 2.47. The first-order valence-corrected chi connectivity index (χ1v) is 11.0. The Hall–Kier alpha value is -2.50. The summed E-state index contributed by atoms with van der Waals surface area (Å²) in [5, 5.41) is 0. The number of fused-ring (bicyclic) bond motifs is 4. The third-order valence-corrected chi connectivity index (χ3v) is 6.10. The molecule has 0 spiro atoms. The van der Waals surface area contributed by atoms with E-state index in [9.17, 15) is 0 Å². The largest absolute Gasteiger partial charge is 0.371 e. The van der Waals surface area contributed by atoms with Crippen LogP contribution in [0.3, 0.4) is 0 Å². The minimum atomic E-state index is -0.325. The Morgan fingerprint density at radius 1 is 0.710 bits per heavy atom. The van der Waals surface area contributed by atoms with Crippen molar-refractivity contribution in [2.24, 2.45) is 5.92 Å². The first kappa shape index (κ1) is 20.4. The molecule has 3 aliphatic heterocycles. The minimum absolute atomic E-state index is 0.0181. The van der Waals surface area contributed by atoms with Crippen molar-refractivity contribution >= 4 is 0 Å². The molecule has 3 fully saturated rings. The lowest BCUT2D eigenvalue weighted by Gasteiger charge is -2.39. The maximum atomic E-state index is 6.41. The van der Waals surface area contributed by atoms with Crippen LogP contribution >= 0.6 is 0 Å². The zero-order valence-corrected chi connectivity index (χ0v) is 17.5. The van der Waals surface area contributed by atoms with Gasteiger partial charge < -0.3 is 18.9 Å². The van der Waals surface area contributed by atoms with E-state index in [0.717, 1.165) is 17.5 Å². The van der Waals surface area contributed by atoms with Gasteiger partial charge in [-0.3, -0.25) is 0 Å². The minimum Gasteiger partial charge on any atom is -0.371 e. The summed E-state index contributed by atoms with van der Waals surface area (Å²) in [4.78, 5) is 0. The number of hydrogen-bond donors (Lipinski definition) is 0. The zero-order valence-electron chi connectivity index (χ0n) is 17.5. The molecule has 3 aromatic carbocycles. The molecule has 3 saturated heterocycles. The average molecular weight is 417 g/mol. The molecule has 31 heavy (non-hydrogen) atoms. The van der Waals surface area contributed by atoms with Gasteiger partial charge in [-0.25, -0.2) is 0 Å². The van der Waals surface area contributed by atoms with Crippen LogP contribution in [0.4, 0.5) is 0 Å². The van der Waals surface area contributed by atoms with Crippen molar-refractivity contribution in [2.75, 3.05) is 6.61 Å². The van der Waals surface area contributed by atoms with E-state index in [-0.39, 0.29) is 30.5 Å². The Morgan fingerprint density at radius 2 is 1.29 bits per heavy atom. The molecular weight excluding hydrogens is 388 g/mol. The second-order valence-electron chi connectivity index (χ2n) is 8.24. The fourth-order valence-corrected chi connectivity index (χ4v) is 4.48. The molecule has 0 unspecified atom stereocenters. The van der Waals surface area contributed by atoms with E-state index < -0.39 is 0 Å². The van der Waals surface area contributed by atoms with Gasteiger partial charge in [-0.05, 0) is 23.1 Å². The van der Waals surface area contributed by atoms with Crippen molar-refractivity contribution < 1.29 is 18.9 Å². The molecule has 4 nitrogen and oxygen atoms in total. The Morgan fingerprint density at radius 3 is 1.94 bits per heavy atom. The van der Waals surface area contributed by atoms with Crippen molar-refractivity contribution in [1.82, 2.24) is 0 Å². The van der Waals surface area contributed by atoms with Crippen LogP contribution in [0.2, 0.25) is 0 Å². The topological polar surface area (TPSA) is 36.9 Å². The molecule has 4 heteroatoms. The number of rotatable bonds is 7. The van der Waals surface area contributed by atoms with Crippen LogP contribution in [0.1, 0.15) is 29.2 Å². The van der Waals surface area contributed by atoms with Gasteiger partial charge in [0.1, 0.15) is 6.10 Å². The molecule has 0 aliphatic carbocycles. The summed E-state index contributed by atoms with van der Waals surface area (Å²) in [5.41, 5.74) is 3.47. The van der Waals surface area contributed by atoms with Gasteiger partial charge in [-0.2, -0.15) is 0 Å². The fraction of sp³-hybridized carbons (Fsp3) is 0.333. The summed E-state index contributed by atoms with van der Waals surface area (Å²) >= 11 is 0. The molecule has 3 aromatic rings. The monoisotopic (exact) mass is 416 g/mol. The predicted octanol–water partition coefficient (Wildman–Crippen LogP) is 5.29. The van der Waals surface area contributed by atoms with E-state index in [4.69, 9.17) is 18.9 Å². The van der Waals surface area contributed by atoms with Crippen molar-refractivity contribution in [3.05, 3.63) is 108 Å². The molecule has 160 valence electrons. The van der Waals surface area contributed by atoms with E-state index in [1.807, 2.05) is 42.5 Å². The van der Waals surface area contributed by atoms with Crippen LogP contribution < -0.4 is 0 Å². The molecule has 0 N–H and O–H groups in total. The van der Waals surface area contributed by atoms with Crippen LogP contribution in [0.15, 0.2) is 91.0 Å². The number of benzene rings is 3. The summed E-state index contributed by atoms with van der Waals surface area (Å²) in [5.74, 6) is 0.0608. The molecule has 6 rings (SSSR count). The molecule has 0 radical (unpaired) electrons. The number of hydrogen-bond acceptors (Lipinski definition) is 4. The zero-order chi connectivity index (χ0) is 20.9. The lowest BCUT2D eigenvalue weighted by Crippen LogP contribution is -2.46. The summed E-state index contributed by atoms with van der Waals surface area (Å²) < 4.78 is 25.4. The van der Waals surface area contributed by atoms with E-state index >= 15 is 0 Å². The van der Waals surface area contributed by atoms with Gasteiger partial charge in [-0.1, -0.05) is 91.0 Å². The van der Waals surface area contributed by atoms with Gasteiger partial charge in [0.25, 0.3) is 0 Å². The second kappa shape index (κ2) is 9.75. The Bertz CT molecular complexity index is 931. The van der Waals surface area contributed by atoms with E-state index in [1.165, 1.54) is 5.56 Å². The highest BCUT2D eigenvalue weighted by molar-refractivity contribution is 5.20. The van der Waals surface area contributed by atoms with Crippen LogP contribution in [0, 0.1) is 5.92 Å². The Labute approximate surface area is 183 Å². The van der Waals surface area contributed by atoms with Gasteiger partial charge >= 0.3 is 0 Å². The maximum Gasteiger partial charge on any atom is 0.164 e. The summed E-state index contributed by atoms with van der Waals surface area (Å²) in [6.45, 7) is 1.59. The van der Waals surface area contributed by atoms with Crippen LogP contribution in [0.5, 0.6) is 0 Å². The standard InChI is InChI=1S/C27H28O4/c1-4-10-20(11-5-1)17-28-24-16-23-26(22-14-8-3-9-15-22)29-19-25(24)31-27(23)30-18-21-12-6-2-7-13-21/h1-15,23-27H,16-19H2/t23-,24+,25-,26+,27-/m1/s1. The van der Waals surface area contributed by atoms with Crippen molar-refractivity contribution in [1.29, 1.82) is 0 Å². The van der Waals surface area contributed by atoms with E-state index in [2.05, 4.69) is 48.5 Å². The lowest BCUT2D eigenvalue weighted by molar-refractivity contribution is -0.253. The smallest absolute Gasteiger partial charge is 0.164 e. The van der Waals surface area contributed by atoms with E-state index in [0.29, 0.717) is 19.8 Å². The average Bonchev–Trinajstić information content (AvgIpc) is 3.13. The quantitative estimate of drug-likeness (QED) is 0.524. The van der Waals surface area contributed by atoms with Gasteiger partial charge in [0.05, 0.1) is 32.0 Å². The maximum absolute atomic E-state index is 6.41. The predicted molar refractivity (Wildman–Crippen MR) is 118 cm³/mol. The third-order valence-electron chi connectivity index (χ3n) is 6.10. The van der Waals surface area contributed by atoms with Crippen molar-refractivity contribution in [3.63, 3.8) is 0 Å². The molecule has 0 aromatic heterocycles. The number of ether oxygens (including phenoxy) is 4. The Balaban J connectivity index is 1.33. The highest BCUT2D eigenvalue weighted by Crippen LogP contribution is 2.43. The molecule has 0 amide bonds. The molecule has 3 heterocycles. The summed E-state index contributed by atoms with van der Waals surface area (Å²) in [6.07, 6.45) is 0.285. The van der Waals surface area contributed by atoms with Crippen LogP contribution in [-0.2, 0) is 32.2 Å². The van der Waals surface area contributed by atoms with Gasteiger partial charge in [0.15, 0.2) is 6.29 Å². The first-order chi connectivity index (χ1) is 15.4. The van der Waals surface area contributed by atoms with Gasteiger partial charge in [-0.15, -0.1) is 0 Å². The second-order valence-corrected chi connectivity index (χ2v) is 8.24. The van der Waals surface area contributed by atoms with Crippen LogP contribution in [0.25, 0.3) is 0 Å². The lowest BCUT2D eigenvalue weighted by atomic mass is 9.87.